The van der Waals surface area contributed by atoms with Crippen molar-refractivity contribution in [3.8, 4) is 0 Å². The quantitative estimate of drug-likeness (QED) is 0.754. The van der Waals surface area contributed by atoms with E-state index in [1.54, 1.807) is 7.05 Å². The molecule has 7 heteroatoms. The van der Waals surface area contributed by atoms with E-state index < -0.39 is 0 Å². The number of rotatable bonds is 4. The van der Waals surface area contributed by atoms with Crippen LogP contribution in [0.3, 0.4) is 0 Å². The van der Waals surface area contributed by atoms with Gasteiger partial charge in [0, 0.05) is 19.1 Å². The van der Waals surface area contributed by atoms with Crippen LogP contribution in [0.25, 0.3) is 0 Å². The van der Waals surface area contributed by atoms with Gasteiger partial charge in [0.15, 0.2) is 5.82 Å². The number of aryl methyl sites for hydroxylation is 1. The summed E-state index contributed by atoms with van der Waals surface area (Å²) in [5, 5.41) is 15.2. The van der Waals surface area contributed by atoms with Crippen LogP contribution in [-0.4, -0.2) is 63.5 Å². The molecule has 3 heterocycles. The van der Waals surface area contributed by atoms with Crippen LogP contribution in [0.1, 0.15) is 18.7 Å². The molecule has 2 aliphatic heterocycles. The van der Waals surface area contributed by atoms with Crippen LogP contribution < -0.4 is 5.32 Å². The van der Waals surface area contributed by atoms with Gasteiger partial charge < -0.3 is 10.1 Å². The van der Waals surface area contributed by atoms with E-state index in [4.69, 9.17) is 4.74 Å². The molecular formula is C11H20N6O. The second-order valence-corrected chi connectivity index (χ2v) is 5.07. The van der Waals surface area contributed by atoms with Crippen LogP contribution in [0, 0.1) is 0 Å². The third-order valence-electron chi connectivity index (χ3n) is 3.67. The molecule has 7 nitrogen and oxygen atoms in total. The molecule has 100 valence electrons. The van der Waals surface area contributed by atoms with Crippen molar-refractivity contribution >= 4 is 0 Å². The van der Waals surface area contributed by atoms with Crippen molar-refractivity contribution in [1.82, 2.24) is 30.4 Å². The number of fused-ring (bicyclic) bond motifs is 1. The highest BCUT2D eigenvalue weighted by Gasteiger charge is 2.31. The Bertz CT molecular complexity index is 395. The number of ether oxygens (including phenoxy) is 1. The van der Waals surface area contributed by atoms with Gasteiger partial charge in [0.2, 0.25) is 0 Å². The first-order chi connectivity index (χ1) is 8.81. The maximum absolute atomic E-state index is 5.87. The number of tetrazole rings is 1. The van der Waals surface area contributed by atoms with Gasteiger partial charge in [-0.3, -0.25) is 4.90 Å². The molecule has 2 aliphatic rings. The minimum Gasteiger partial charge on any atom is -0.374 e. The van der Waals surface area contributed by atoms with Gasteiger partial charge >= 0.3 is 0 Å². The van der Waals surface area contributed by atoms with Crippen molar-refractivity contribution in [1.29, 1.82) is 0 Å². The molecule has 2 atom stereocenters. The number of nitrogens with one attached hydrogen (secondary N) is 1. The second kappa shape index (κ2) is 5.29. The molecule has 18 heavy (non-hydrogen) atoms. The van der Waals surface area contributed by atoms with Crippen molar-refractivity contribution in [2.75, 3.05) is 26.2 Å². The van der Waals surface area contributed by atoms with E-state index in [0.717, 1.165) is 25.5 Å². The fourth-order valence-electron chi connectivity index (χ4n) is 2.75. The first kappa shape index (κ1) is 12.0. The van der Waals surface area contributed by atoms with E-state index in [1.807, 2.05) is 0 Å². The van der Waals surface area contributed by atoms with Gasteiger partial charge in [-0.05, 0) is 24.6 Å². The lowest BCUT2D eigenvalue weighted by Crippen LogP contribution is -2.49. The van der Waals surface area contributed by atoms with Crippen molar-refractivity contribution in [2.45, 2.75) is 31.5 Å². The molecular weight excluding hydrogens is 232 g/mol. The zero-order valence-electron chi connectivity index (χ0n) is 10.7. The second-order valence-electron chi connectivity index (χ2n) is 5.07. The van der Waals surface area contributed by atoms with E-state index in [-0.39, 0.29) is 6.10 Å². The molecule has 0 aromatic carbocycles. The normalized spacial score (nSPS) is 28.5. The van der Waals surface area contributed by atoms with Gasteiger partial charge in [0.1, 0.15) is 0 Å². The van der Waals surface area contributed by atoms with E-state index in [0.29, 0.717) is 12.6 Å². The Balaban J connectivity index is 1.41. The average molecular weight is 252 g/mol. The Morgan fingerprint density at radius 3 is 3.28 bits per heavy atom. The molecule has 0 aliphatic carbocycles. The van der Waals surface area contributed by atoms with Gasteiger partial charge in [0.25, 0.3) is 0 Å². The third kappa shape index (κ3) is 2.68. The topological polar surface area (TPSA) is 68.1 Å². The number of nitrogens with zero attached hydrogens (tertiary/aromatic N) is 5. The predicted molar refractivity (Wildman–Crippen MR) is 64.8 cm³/mol. The summed E-state index contributed by atoms with van der Waals surface area (Å²) in [4.78, 5) is 4.03. The molecule has 0 amide bonds. The number of aromatic nitrogens is 4. The van der Waals surface area contributed by atoms with Crippen LogP contribution in [0.4, 0.5) is 0 Å². The fourth-order valence-corrected chi connectivity index (χ4v) is 2.75. The summed E-state index contributed by atoms with van der Waals surface area (Å²) < 4.78 is 5.87. The van der Waals surface area contributed by atoms with Crippen molar-refractivity contribution in [3.63, 3.8) is 0 Å². The first-order valence-corrected chi connectivity index (χ1v) is 6.60. The fraction of sp³-hybridized carbons (Fsp3) is 0.909. The van der Waals surface area contributed by atoms with Crippen molar-refractivity contribution in [2.24, 2.45) is 7.05 Å². The molecule has 0 spiro atoms. The minimum atomic E-state index is 0.288. The smallest absolute Gasteiger partial charge is 0.188 e. The standard InChI is InChI=1S/C11H20N6O/c1-16-14-11(13-15-16)6-12-5-10-7-17-4-2-3-9(17)8-18-10/h9-10,12H,2-8H2,1H3. The SMILES string of the molecule is Cn1nnc(CNCC2CN3CCCC3CO2)n1. The molecule has 0 bridgehead atoms. The largest absolute Gasteiger partial charge is 0.374 e. The summed E-state index contributed by atoms with van der Waals surface area (Å²) in [6, 6.07) is 0.669. The summed E-state index contributed by atoms with van der Waals surface area (Å²) in [6.07, 6.45) is 2.90. The summed E-state index contributed by atoms with van der Waals surface area (Å²) in [7, 11) is 1.77. The Morgan fingerprint density at radius 2 is 2.44 bits per heavy atom. The van der Waals surface area contributed by atoms with E-state index in [9.17, 15) is 0 Å². The van der Waals surface area contributed by atoms with E-state index >= 15 is 0 Å². The van der Waals surface area contributed by atoms with Crippen LogP contribution in [0.5, 0.6) is 0 Å². The lowest BCUT2D eigenvalue weighted by atomic mass is 10.2. The average Bonchev–Trinajstić information content (AvgIpc) is 2.97. The van der Waals surface area contributed by atoms with E-state index in [1.165, 1.54) is 24.2 Å². The van der Waals surface area contributed by atoms with Crippen molar-refractivity contribution < 1.29 is 4.74 Å². The van der Waals surface area contributed by atoms with Crippen LogP contribution in [0.15, 0.2) is 0 Å². The first-order valence-electron chi connectivity index (χ1n) is 6.60. The van der Waals surface area contributed by atoms with Crippen LogP contribution >= 0.6 is 0 Å². The number of morpholine rings is 1. The number of hydrogen-bond acceptors (Lipinski definition) is 6. The molecule has 0 saturated carbocycles. The van der Waals surface area contributed by atoms with Crippen LogP contribution in [-0.2, 0) is 18.3 Å². The maximum Gasteiger partial charge on any atom is 0.188 e. The van der Waals surface area contributed by atoms with Crippen LogP contribution in [0.2, 0.25) is 0 Å². The van der Waals surface area contributed by atoms with Crippen molar-refractivity contribution in [3.05, 3.63) is 5.82 Å². The molecule has 1 aromatic heterocycles. The maximum atomic E-state index is 5.87. The molecule has 1 N–H and O–H groups in total. The lowest BCUT2D eigenvalue weighted by molar-refractivity contribution is -0.0470. The summed E-state index contributed by atoms with van der Waals surface area (Å²) in [6.45, 7) is 4.66. The highest BCUT2D eigenvalue weighted by atomic mass is 16.5. The van der Waals surface area contributed by atoms with Gasteiger partial charge in [-0.2, -0.15) is 4.80 Å². The highest BCUT2D eigenvalue weighted by molar-refractivity contribution is 4.86. The molecule has 1 aromatic rings. The zero-order valence-corrected chi connectivity index (χ0v) is 10.7. The molecule has 2 saturated heterocycles. The summed E-state index contributed by atoms with van der Waals surface area (Å²) in [5.41, 5.74) is 0. The molecule has 2 unspecified atom stereocenters. The van der Waals surface area contributed by atoms with Gasteiger partial charge in [-0.25, -0.2) is 0 Å². The number of hydrogen-bond donors (Lipinski definition) is 1. The Morgan fingerprint density at radius 1 is 1.50 bits per heavy atom. The van der Waals surface area contributed by atoms with Gasteiger partial charge in [0.05, 0.1) is 26.3 Å². The Kier molecular flexibility index (Phi) is 3.53. The predicted octanol–water partition coefficient (Wildman–Crippen LogP) is -0.837. The Labute approximate surface area is 106 Å². The monoisotopic (exact) mass is 252 g/mol. The zero-order chi connectivity index (χ0) is 12.4. The summed E-state index contributed by atoms with van der Waals surface area (Å²) in [5.74, 6) is 0.729. The Hall–Kier alpha value is -1.05. The molecule has 0 radical (unpaired) electrons. The third-order valence-corrected chi connectivity index (χ3v) is 3.67. The van der Waals surface area contributed by atoms with E-state index in [2.05, 4.69) is 25.6 Å². The van der Waals surface area contributed by atoms with Gasteiger partial charge in [-0.1, -0.05) is 0 Å². The molecule has 3 rings (SSSR count). The summed E-state index contributed by atoms with van der Waals surface area (Å²) >= 11 is 0. The highest BCUT2D eigenvalue weighted by Crippen LogP contribution is 2.22. The lowest BCUT2D eigenvalue weighted by Gasteiger charge is -2.35. The van der Waals surface area contributed by atoms with Gasteiger partial charge in [-0.15, -0.1) is 10.2 Å². The minimum absolute atomic E-state index is 0.288. The molecule has 2 fully saturated rings.